The van der Waals surface area contributed by atoms with Gasteiger partial charge in [-0.25, -0.2) is 0 Å². The molecule has 0 aromatic heterocycles. The van der Waals surface area contributed by atoms with E-state index in [4.69, 9.17) is 18.9 Å². The summed E-state index contributed by atoms with van der Waals surface area (Å²) in [5.41, 5.74) is -0.267. The maximum Gasteiger partial charge on any atom is 0.306 e. The second kappa shape index (κ2) is 4.72. The van der Waals surface area contributed by atoms with Crippen molar-refractivity contribution in [2.45, 2.75) is 44.0 Å². The standard InChI is InChI=1S/C14H22O5/c1-16-11-4-5-13(9-12(15)17-2)10(11)3-6-14(13)18-7-8-19-14/h10-11H,3-9H2,1-2H3/t10-,11-,13-/m1/s1. The Morgan fingerprint density at radius 1 is 1.21 bits per heavy atom. The van der Waals surface area contributed by atoms with E-state index in [9.17, 15) is 4.79 Å². The average molecular weight is 270 g/mol. The van der Waals surface area contributed by atoms with Crippen LogP contribution in [-0.2, 0) is 23.7 Å². The molecule has 1 aliphatic heterocycles. The third kappa shape index (κ3) is 1.75. The predicted molar refractivity (Wildman–Crippen MR) is 66.5 cm³/mol. The number of ether oxygens (including phenoxy) is 4. The molecule has 19 heavy (non-hydrogen) atoms. The van der Waals surface area contributed by atoms with Crippen molar-refractivity contribution in [2.75, 3.05) is 27.4 Å². The minimum atomic E-state index is -0.584. The third-order valence-corrected chi connectivity index (χ3v) is 5.32. The number of carbonyl (C=O) groups excluding carboxylic acids is 1. The molecule has 3 atom stereocenters. The van der Waals surface area contributed by atoms with Crippen molar-refractivity contribution >= 4 is 5.97 Å². The van der Waals surface area contributed by atoms with Crippen LogP contribution >= 0.6 is 0 Å². The van der Waals surface area contributed by atoms with Crippen LogP contribution in [0.25, 0.3) is 0 Å². The Morgan fingerprint density at radius 3 is 2.58 bits per heavy atom. The molecule has 5 heteroatoms. The van der Waals surface area contributed by atoms with E-state index in [2.05, 4.69) is 0 Å². The molecule has 0 radical (unpaired) electrons. The zero-order chi connectivity index (χ0) is 13.5. The van der Waals surface area contributed by atoms with Gasteiger partial charge in [0, 0.05) is 18.9 Å². The maximum atomic E-state index is 11.9. The molecule has 1 saturated heterocycles. The van der Waals surface area contributed by atoms with E-state index in [0.29, 0.717) is 25.6 Å². The van der Waals surface area contributed by atoms with E-state index >= 15 is 0 Å². The first-order chi connectivity index (χ1) is 9.17. The summed E-state index contributed by atoms with van der Waals surface area (Å²) in [4.78, 5) is 11.9. The molecule has 1 heterocycles. The zero-order valence-electron chi connectivity index (χ0n) is 11.6. The molecule has 0 aromatic rings. The summed E-state index contributed by atoms with van der Waals surface area (Å²) in [7, 11) is 3.19. The van der Waals surface area contributed by atoms with Gasteiger partial charge in [-0.15, -0.1) is 0 Å². The highest BCUT2D eigenvalue weighted by Crippen LogP contribution is 2.64. The SMILES string of the molecule is COC(=O)C[C@]12CC[C@@H](OC)[C@H]1CCC21OCCO1. The Kier molecular flexibility index (Phi) is 3.31. The predicted octanol–water partition coefficient (Wildman–Crippen LogP) is 1.50. The lowest BCUT2D eigenvalue weighted by molar-refractivity contribution is -0.232. The minimum absolute atomic E-state index is 0.179. The Hall–Kier alpha value is -0.650. The van der Waals surface area contributed by atoms with Crippen LogP contribution in [0.1, 0.15) is 32.1 Å². The summed E-state index contributed by atoms with van der Waals surface area (Å²) < 4.78 is 22.4. The molecule has 0 aromatic carbocycles. The summed E-state index contributed by atoms with van der Waals surface area (Å²) in [6.45, 7) is 1.24. The molecule has 0 bridgehead atoms. The third-order valence-electron chi connectivity index (χ3n) is 5.32. The molecular weight excluding hydrogens is 248 g/mol. The van der Waals surface area contributed by atoms with E-state index in [1.165, 1.54) is 7.11 Å². The second-order valence-electron chi connectivity index (χ2n) is 5.82. The van der Waals surface area contributed by atoms with Crippen molar-refractivity contribution in [3.63, 3.8) is 0 Å². The Balaban J connectivity index is 1.94. The van der Waals surface area contributed by atoms with E-state index in [1.807, 2.05) is 0 Å². The second-order valence-corrected chi connectivity index (χ2v) is 5.82. The van der Waals surface area contributed by atoms with Gasteiger partial charge in [0.1, 0.15) is 0 Å². The smallest absolute Gasteiger partial charge is 0.306 e. The average Bonchev–Trinajstić information content (AvgIpc) is 3.08. The highest BCUT2D eigenvalue weighted by atomic mass is 16.7. The highest BCUT2D eigenvalue weighted by Gasteiger charge is 2.68. The molecular formula is C14H22O5. The molecule has 5 nitrogen and oxygen atoms in total. The zero-order valence-corrected chi connectivity index (χ0v) is 11.6. The summed E-state index contributed by atoms with van der Waals surface area (Å²) in [6, 6.07) is 0. The first-order valence-electron chi connectivity index (χ1n) is 7.05. The van der Waals surface area contributed by atoms with Crippen LogP contribution in [0, 0.1) is 11.3 Å². The summed E-state index contributed by atoms with van der Waals surface area (Å²) in [6.07, 6.45) is 4.30. The topological polar surface area (TPSA) is 54.0 Å². The molecule has 0 amide bonds. The minimum Gasteiger partial charge on any atom is -0.469 e. The van der Waals surface area contributed by atoms with Gasteiger partial charge in [-0.3, -0.25) is 4.79 Å². The van der Waals surface area contributed by atoms with Gasteiger partial charge in [-0.1, -0.05) is 0 Å². The maximum absolute atomic E-state index is 11.9. The quantitative estimate of drug-likeness (QED) is 0.727. The van der Waals surface area contributed by atoms with Crippen LogP contribution in [0.3, 0.4) is 0 Å². The monoisotopic (exact) mass is 270 g/mol. The summed E-state index contributed by atoms with van der Waals surface area (Å²) in [5, 5.41) is 0. The van der Waals surface area contributed by atoms with Gasteiger partial charge >= 0.3 is 5.97 Å². The van der Waals surface area contributed by atoms with E-state index in [0.717, 1.165) is 25.7 Å². The van der Waals surface area contributed by atoms with Crippen LogP contribution < -0.4 is 0 Å². The van der Waals surface area contributed by atoms with Crippen LogP contribution in [0.5, 0.6) is 0 Å². The Bertz CT molecular complexity index is 363. The van der Waals surface area contributed by atoms with Crippen LogP contribution in [0.15, 0.2) is 0 Å². The number of rotatable bonds is 3. The number of hydrogen-bond donors (Lipinski definition) is 0. The molecule has 0 N–H and O–H groups in total. The van der Waals surface area contributed by atoms with E-state index in [-0.39, 0.29) is 17.5 Å². The summed E-state index contributed by atoms with van der Waals surface area (Å²) >= 11 is 0. The lowest BCUT2D eigenvalue weighted by Gasteiger charge is -2.41. The molecule has 108 valence electrons. The van der Waals surface area contributed by atoms with Crippen molar-refractivity contribution < 1.29 is 23.7 Å². The van der Waals surface area contributed by atoms with E-state index in [1.54, 1.807) is 7.11 Å². The lowest BCUT2D eigenvalue weighted by Crippen LogP contribution is -2.48. The fourth-order valence-electron chi connectivity index (χ4n) is 4.52. The van der Waals surface area contributed by atoms with Gasteiger partial charge in [0.2, 0.25) is 0 Å². The number of carbonyl (C=O) groups is 1. The fourth-order valence-corrected chi connectivity index (χ4v) is 4.52. The first kappa shape index (κ1) is 13.3. The molecule has 3 rings (SSSR count). The molecule has 3 aliphatic rings. The van der Waals surface area contributed by atoms with Crippen LogP contribution in [0.4, 0.5) is 0 Å². The fraction of sp³-hybridized carbons (Fsp3) is 0.929. The van der Waals surface area contributed by atoms with Crippen molar-refractivity contribution in [1.29, 1.82) is 0 Å². The molecule has 2 aliphatic carbocycles. The van der Waals surface area contributed by atoms with Gasteiger partial charge in [0.05, 0.1) is 32.8 Å². The molecule has 0 unspecified atom stereocenters. The van der Waals surface area contributed by atoms with Gasteiger partial charge in [0.25, 0.3) is 0 Å². The number of fused-ring (bicyclic) bond motifs is 2. The largest absolute Gasteiger partial charge is 0.469 e. The summed E-state index contributed by atoms with van der Waals surface area (Å²) in [5.74, 6) is -0.434. The van der Waals surface area contributed by atoms with Crippen LogP contribution in [0.2, 0.25) is 0 Å². The molecule has 2 saturated carbocycles. The van der Waals surface area contributed by atoms with Gasteiger partial charge in [0.15, 0.2) is 5.79 Å². The van der Waals surface area contributed by atoms with Gasteiger partial charge in [-0.2, -0.15) is 0 Å². The molecule has 1 spiro atoms. The number of hydrogen-bond acceptors (Lipinski definition) is 5. The van der Waals surface area contributed by atoms with Crippen molar-refractivity contribution in [2.24, 2.45) is 11.3 Å². The van der Waals surface area contributed by atoms with Crippen LogP contribution in [-0.4, -0.2) is 45.3 Å². The Morgan fingerprint density at radius 2 is 1.95 bits per heavy atom. The van der Waals surface area contributed by atoms with E-state index < -0.39 is 5.79 Å². The first-order valence-corrected chi connectivity index (χ1v) is 7.05. The van der Waals surface area contributed by atoms with Gasteiger partial charge in [-0.05, 0) is 25.2 Å². The lowest BCUT2D eigenvalue weighted by atomic mass is 9.73. The van der Waals surface area contributed by atoms with Crippen molar-refractivity contribution in [1.82, 2.24) is 0 Å². The van der Waals surface area contributed by atoms with Crippen molar-refractivity contribution in [3.05, 3.63) is 0 Å². The van der Waals surface area contributed by atoms with Gasteiger partial charge < -0.3 is 18.9 Å². The Labute approximate surface area is 113 Å². The number of esters is 1. The van der Waals surface area contributed by atoms with Crippen molar-refractivity contribution in [3.8, 4) is 0 Å². The normalized spacial score (nSPS) is 39.7. The molecule has 3 fully saturated rings. The highest BCUT2D eigenvalue weighted by molar-refractivity contribution is 5.70. The number of methoxy groups -OCH3 is 2.